The van der Waals surface area contributed by atoms with Gasteiger partial charge in [-0.25, -0.2) is 0 Å². The van der Waals surface area contributed by atoms with Crippen LogP contribution in [0.2, 0.25) is 0 Å². The van der Waals surface area contributed by atoms with Gasteiger partial charge in [-0.1, -0.05) is 20.8 Å². The van der Waals surface area contributed by atoms with Crippen LogP contribution in [0.3, 0.4) is 0 Å². The van der Waals surface area contributed by atoms with Gasteiger partial charge in [0.05, 0.1) is 0 Å². The van der Waals surface area contributed by atoms with Crippen LogP contribution in [0.1, 0.15) is 40.5 Å². The van der Waals surface area contributed by atoms with Crippen LogP contribution < -0.4 is 5.32 Å². The van der Waals surface area contributed by atoms with Crippen molar-refractivity contribution >= 4 is 0 Å². The maximum absolute atomic E-state index is 3.55. The Bertz CT molecular complexity index is 230. The largest absolute Gasteiger partial charge is 0.314 e. The van der Waals surface area contributed by atoms with E-state index in [1.54, 1.807) is 0 Å². The van der Waals surface area contributed by atoms with E-state index >= 15 is 0 Å². The van der Waals surface area contributed by atoms with Gasteiger partial charge >= 0.3 is 0 Å². The third kappa shape index (κ3) is 4.87. The average Bonchev–Trinajstić information content (AvgIpc) is 2.70. The van der Waals surface area contributed by atoms with E-state index in [-0.39, 0.29) is 0 Å². The molecule has 0 aromatic heterocycles. The van der Waals surface area contributed by atoms with Gasteiger partial charge in [-0.15, -0.1) is 0 Å². The highest BCUT2D eigenvalue weighted by molar-refractivity contribution is 4.82. The number of hydrogen-bond donors (Lipinski definition) is 1. The molecule has 3 atom stereocenters. The van der Waals surface area contributed by atoms with Crippen molar-refractivity contribution in [1.82, 2.24) is 15.1 Å². The van der Waals surface area contributed by atoms with Gasteiger partial charge in [0.1, 0.15) is 0 Å². The molecular weight excluding hydrogens is 222 g/mol. The van der Waals surface area contributed by atoms with Gasteiger partial charge in [-0.05, 0) is 52.9 Å². The summed E-state index contributed by atoms with van der Waals surface area (Å²) in [7, 11) is 4.54. The van der Waals surface area contributed by atoms with Crippen molar-refractivity contribution in [3.8, 4) is 0 Å². The predicted octanol–water partition coefficient (Wildman–Crippen LogP) is 2.04. The number of hydrogen-bond acceptors (Lipinski definition) is 3. The molecule has 18 heavy (non-hydrogen) atoms. The van der Waals surface area contributed by atoms with Crippen molar-refractivity contribution in [1.29, 1.82) is 0 Å². The standard InChI is InChI=1S/C15H33N3/c1-12(2)16-10-13(3)14(4)18(6)11-15-8-7-9-17(15)5/h12-16H,7-11H2,1-6H3. The van der Waals surface area contributed by atoms with Crippen LogP contribution in [0.5, 0.6) is 0 Å². The molecule has 1 N–H and O–H groups in total. The molecule has 0 aliphatic carbocycles. The second-order valence-electron chi connectivity index (χ2n) is 6.50. The number of nitrogens with one attached hydrogen (secondary N) is 1. The molecular formula is C15H33N3. The molecule has 0 bridgehead atoms. The first-order chi connectivity index (χ1) is 8.41. The Morgan fingerprint density at radius 3 is 2.44 bits per heavy atom. The molecule has 3 unspecified atom stereocenters. The molecule has 0 radical (unpaired) electrons. The van der Waals surface area contributed by atoms with Gasteiger partial charge in [-0.2, -0.15) is 0 Å². The van der Waals surface area contributed by atoms with Crippen LogP contribution in [0, 0.1) is 5.92 Å². The third-order valence-corrected chi connectivity index (χ3v) is 4.54. The fourth-order valence-corrected chi connectivity index (χ4v) is 2.74. The second-order valence-corrected chi connectivity index (χ2v) is 6.50. The van der Waals surface area contributed by atoms with Crippen LogP contribution in [0.15, 0.2) is 0 Å². The van der Waals surface area contributed by atoms with Crippen molar-refractivity contribution in [3.05, 3.63) is 0 Å². The first kappa shape index (κ1) is 15.9. The lowest BCUT2D eigenvalue weighted by atomic mass is 10.0. The van der Waals surface area contributed by atoms with Gasteiger partial charge in [0.15, 0.2) is 0 Å². The van der Waals surface area contributed by atoms with E-state index in [2.05, 4.69) is 56.9 Å². The topological polar surface area (TPSA) is 18.5 Å². The highest BCUT2D eigenvalue weighted by Gasteiger charge is 2.25. The van der Waals surface area contributed by atoms with Crippen LogP contribution >= 0.6 is 0 Å². The summed E-state index contributed by atoms with van der Waals surface area (Å²) in [6.45, 7) is 12.8. The summed E-state index contributed by atoms with van der Waals surface area (Å²) < 4.78 is 0. The minimum atomic E-state index is 0.589. The first-order valence-electron chi connectivity index (χ1n) is 7.55. The Balaban J connectivity index is 2.33. The SMILES string of the molecule is CC(C)NCC(C)C(C)N(C)CC1CCCN1C. The first-order valence-corrected chi connectivity index (χ1v) is 7.55. The Labute approximate surface area is 114 Å². The maximum Gasteiger partial charge on any atom is 0.0220 e. The van der Waals surface area contributed by atoms with E-state index in [0.717, 1.165) is 12.6 Å². The van der Waals surface area contributed by atoms with Crippen LogP contribution in [-0.2, 0) is 0 Å². The highest BCUT2D eigenvalue weighted by atomic mass is 15.2. The average molecular weight is 255 g/mol. The van der Waals surface area contributed by atoms with Gasteiger partial charge in [0.25, 0.3) is 0 Å². The number of likely N-dealkylation sites (N-methyl/N-ethyl adjacent to an activating group) is 2. The van der Waals surface area contributed by atoms with E-state index in [9.17, 15) is 0 Å². The summed E-state index contributed by atoms with van der Waals surface area (Å²) in [6.07, 6.45) is 2.74. The van der Waals surface area contributed by atoms with Crippen molar-refractivity contribution in [2.24, 2.45) is 5.92 Å². The van der Waals surface area contributed by atoms with Crippen molar-refractivity contribution < 1.29 is 0 Å². The van der Waals surface area contributed by atoms with E-state index < -0.39 is 0 Å². The van der Waals surface area contributed by atoms with E-state index in [1.807, 2.05) is 0 Å². The Morgan fingerprint density at radius 2 is 1.94 bits per heavy atom. The molecule has 0 aromatic rings. The maximum atomic E-state index is 3.55. The van der Waals surface area contributed by atoms with E-state index in [0.29, 0.717) is 18.0 Å². The number of likely N-dealkylation sites (tertiary alicyclic amines) is 1. The van der Waals surface area contributed by atoms with Crippen molar-refractivity contribution in [2.45, 2.75) is 58.7 Å². The molecule has 3 nitrogen and oxygen atoms in total. The summed E-state index contributed by atoms with van der Waals surface area (Å²) in [6, 6.07) is 2.00. The summed E-state index contributed by atoms with van der Waals surface area (Å²) in [4.78, 5) is 5.05. The summed E-state index contributed by atoms with van der Waals surface area (Å²) in [5, 5.41) is 3.55. The molecule has 0 spiro atoms. The number of rotatable bonds is 7. The molecule has 0 saturated carbocycles. The minimum absolute atomic E-state index is 0.589. The molecule has 1 saturated heterocycles. The second kappa shape index (κ2) is 7.46. The van der Waals surface area contributed by atoms with E-state index in [1.165, 1.54) is 25.9 Å². The molecule has 1 heterocycles. The highest BCUT2D eigenvalue weighted by Crippen LogP contribution is 2.18. The van der Waals surface area contributed by atoms with Crippen LogP contribution in [-0.4, -0.2) is 61.7 Å². The van der Waals surface area contributed by atoms with Crippen LogP contribution in [0.25, 0.3) is 0 Å². The van der Waals surface area contributed by atoms with Gasteiger partial charge in [0, 0.05) is 24.7 Å². The molecule has 1 rings (SSSR count). The van der Waals surface area contributed by atoms with Crippen molar-refractivity contribution in [3.63, 3.8) is 0 Å². The molecule has 1 aliphatic rings. The predicted molar refractivity (Wildman–Crippen MR) is 80.0 cm³/mol. The smallest absolute Gasteiger partial charge is 0.0220 e. The monoisotopic (exact) mass is 255 g/mol. The molecule has 1 aliphatic heterocycles. The van der Waals surface area contributed by atoms with Gasteiger partial charge in [0.2, 0.25) is 0 Å². The fourth-order valence-electron chi connectivity index (χ4n) is 2.74. The minimum Gasteiger partial charge on any atom is -0.314 e. The number of nitrogens with zero attached hydrogens (tertiary/aromatic N) is 2. The lowest BCUT2D eigenvalue weighted by Crippen LogP contribution is -2.45. The Kier molecular flexibility index (Phi) is 6.61. The third-order valence-electron chi connectivity index (χ3n) is 4.54. The normalized spacial score (nSPS) is 25.0. The van der Waals surface area contributed by atoms with E-state index in [4.69, 9.17) is 0 Å². The zero-order chi connectivity index (χ0) is 13.7. The summed E-state index contributed by atoms with van der Waals surface area (Å²) >= 11 is 0. The summed E-state index contributed by atoms with van der Waals surface area (Å²) in [5.74, 6) is 0.698. The zero-order valence-electron chi connectivity index (χ0n) is 13.2. The van der Waals surface area contributed by atoms with Gasteiger partial charge < -0.3 is 15.1 Å². The zero-order valence-corrected chi connectivity index (χ0v) is 13.2. The Morgan fingerprint density at radius 1 is 1.28 bits per heavy atom. The lowest BCUT2D eigenvalue weighted by Gasteiger charge is -2.34. The quantitative estimate of drug-likeness (QED) is 0.751. The van der Waals surface area contributed by atoms with Crippen LogP contribution in [0.4, 0.5) is 0 Å². The fraction of sp³-hybridized carbons (Fsp3) is 1.00. The molecule has 0 amide bonds. The Hall–Kier alpha value is -0.120. The molecule has 108 valence electrons. The van der Waals surface area contributed by atoms with Gasteiger partial charge in [-0.3, -0.25) is 0 Å². The molecule has 0 aromatic carbocycles. The molecule has 3 heteroatoms. The molecule has 1 fully saturated rings. The van der Waals surface area contributed by atoms with Crippen molar-refractivity contribution in [2.75, 3.05) is 33.7 Å². The lowest BCUT2D eigenvalue weighted by molar-refractivity contribution is 0.150. The summed E-state index contributed by atoms with van der Waals surface area (Å²) in [5.41, 5.74) is 0.